The molecule has 0 saturated carbocycles. The van der Waals surface area contributed by atoms with E-state index in [0.29, 0.717) is 10.9 Å². The van der Waals surface area contributed by atoms with Crippen LogP contribution in [0.15, 0.2) is 24.3 Å². The van der Waals surface area contributed by atoms with Gasteiger partial charge in [-0.05, 0) is 6.07 Å². The van der Waals surface area contributed by atoms with Gasteiger partial charge in [-0.2, -0.15) is 0 Å². The average Bonchev–Trinajstić information content (AvgIpc) is 2.62. The zero-order valence-corrected chi connectivity index (χ0v) is 12.1. The predicted molar refractivity (Wildman–Crippen MR) is 77.1 cm³/mol. The number of para-hydroxylation sites is 1. The molecule has 104 valence electrons. The van der Waals surface area contributed by atoms with Gasteiger partial charge in [0.25, 0.3) is 0 Å². The minimum atomic E-state index is -0.453. The number of hydrogen-bond donors (Lipinski definition) is 0. The molecule has 2 aromatic rings. The molecule has 0 unspecified atom stereocenters. The van der Waals surface area contributed by atoms with Crippen LogP contribution < -0.4 is 4.90 Å². The average molecular weight is 293 g/mol. The van der Waals surface area contributed by atoms with Gasteiger partial charge >= 0.3 is 0 Å². The van der Waals surface area contributed by atoms with Crippen molar-refractivity contribution in [3.8, 4) is 0 Å². The number of imide groups is 1. The summed E-state index contributed by atoms with van der Waals surface area (Å²) in [6, 6.07) is 6.94. The van der Waals surface area contributed by atoms with Crippen molar-refractivity contribution in [3.63, 3.8) is 0 Å². The Hall–Kier alpha value is -2.14. The van der Waals surface area contributed by atoms with Crippen molar-refractivity contribution >= 4 is 45.9 Å². The fourth-order valence-corrected chi connectivity index (χ4v) is 2.65. The summed E-state index contributed by atoms with van der Waals surface area (Å²) in [6.45, 7) is 3.92. The Labute approximate surface area is 120 Å². The number of hydrogen-bond acceptors (Lipinski definition) is 3. The van der Waals surface area contributed by atoms with Crippen molar-refractivity contribution in [3.05, 3.63) is 29.4 Å². The standard InChI is InChI=1S/C14H13ClN2O3/c1-8(18)16(9(2)19)13-11-6-4-5-7-12(11)17(10(3)20)14(13)15/h4-7H,1-3H3. The molecule has 0 N–H and O–H groups in total. The van der Waals surface area contributed by atoms with E-state index in [1.165, 1.54) is 25.3 Å². The maximum atomic E-state index is 11.7. The van der Waals surface area contributed by atoms with Gasteiger partial charge in [-0.25, -0.2) is 4.90 Å². The number of benzene rings is 1. The number of halogens is 1. The van der Waals surface area contributed by atoms with Crippen molar-refractivity contribution in [1.82, 2.24) is 4.57 Å². The van der Waals surface area contributed by atoms with Crippen molar-refractivity contribution in [2.24, 2.45) is 0 Å². The summed E-state index contributed by atoms with van der Waals surface area (Å²) in [6.07, 6.45) is 0. The van der Waals surface area contributed by atoms with E-state index in [0.717, 1.165) is 4.90 Å². The van der Waals surface area contributed by atoms with Crippen molar-refractivity contribution in [2.75, 3.05) is 4.90 Å². The molecular weight excluding hydrogens is 280 g/mol. The van der Waals surface area contributed by atoms with Crippen molar-refractivity contribution in [1.29, 1.82) is 0 Å². The highest BCUT2D eigenvalue weighted by Gasteiger charge is 2.27. The smallest absolute Gasteiger partial charge is 0.230 e. The Kier molecular flexibility index (Phi) is 3.63. The Balaban J connectivity index is 2.89. The fourth-order valence-electron chi connectivity index (χ4n) is 2.25. The van der Waals surface area contributed by atoms with Gasteiger partial charge in [0.15, 0.2) is 0 Å². The van der Waals surface area contributed by atoms with E-state index in [9.17, 15) is 14.4 Å². The molecule has 2 rings (SSSR count). The fraction of sp³-hybridized carbons (Fsp3) is 0.214. The molecule has 0 radical (unpaired) electrons. The van der Waals surface area contributed by atoms with E-state index in [4.69, 9.17) is 11.6 Å². The summed E-state index contributed by atoms with van der Waals surface area (Å²) >= 11 is 6.23. The van der Waals surface area contributed by atoms with Gasteiger partial charge in [0, 0.05) is 26.2 Å². The van der Waals surface area contributed by atoms with E-state index in [1.807, 2.05) is 0 Å². The Morgan fingerprint density at radius 2 is 1.60 bits per heavy atom. The molecule has 20 heavy (non-hydrogen) atoms. The lowest BCUT2D eigenvalue weighted by Crippen LogP contribution is -2.33. The third-order valence-electron chi connectivity index (χ3n) is 2.96. The normalized spacial score (nSPS) is 10.6. The minimum absolute atomic E-state index is 0.0594. The lowest BCUT2D eigenvalue weighted by molar-refractivity contribution is -0.124. The second-order valence-electron chi connectivity index (χ2n) is 4.38. The second-order valence-corrected chi connectivity index (χ2v) is 4.74. The Morgan fingerprint density at radius 1 is 1.05 bits per heavy atom. The maximum Gasteiger partial charge on any atom is 0.230 e. The zero-order chi connectivity index (χ0) is 15.0. The van der Waals surface area contributed by atoms with Gasteiger partial charge in [0.1, 0.15) is 5.15 Å². The van der Waals surface area contributed by atoms with Gasteiger partial charge in [0.2, 0.25) is 17.7 Å². The van der Waals surface area contributed by atoms with E-state index in [1.54, 1.807) is 24.3 Å². The summed E-state index contributed by atoms with van der Waals surface area (Å²) < 4.78 is 1.28. The zero-order valence-electron chi connectivity index (χ0n) is 11.3. The molecule has 0 fully saturated rings. The third-order valence-corrected chi connectivity index (χ3v) is 3.31. The molecular formula is C14H13ClN2O3. The third kappa shape index (κ3) is 2.10. The summed E-state index contributed by atoms with van der Waals surface area (Å²) in [7, 11) is 0. The van der Waals surface area contributed by atoms with Gasteiger partial charge in [-0.3, -0.25) is 19.0 Å². The molecule has 0 aliphatic rings. The summed E-state index contributed by atoms with van der Waals surface area (Å²) in [5, 5.41) is 0.641. The molecule has 1 heterocycles. The van der Waals surface area contributed by atoms with Crippen LogP contribution in [0.3, 0.4) is 0 Å². The highest BCUT2D eigenvalue weighted by molar-refractivity contribution is 6.38. The molecule has 0 bridgehead atoms. The minimum Gasteiger partial charge on any atom is -0.274 e. The van der Waals surface area contributed by atoms with Crippen molar-refractivity contribution in [2.45, 2.75) is 20.8 Å². The van der Waals surface area contributed by atoms with Crippen molar-refractivity contribution < 1.29 is 14.4 Å². The maximum absolute atomic E-state index is 11.7. The van der Waals surface area contributed by atoms with E-state index < -0.39 is 11.8 Å². The van der Waals surface area contributed by atoms with Gasteiger partial charge in [0.05, 0.1) is 11.2 Å². The first-order valence-corrected chi connectivity index (χ1v) is 6.35. The van der Waals surface area contributed by atoms with Crippen LogP contribution in [0, 0.1) is 0 Å². The molecule has 0 aliphatic heterocycles. The monoisotopic (exact) mass is 292 g/mol. The molecule has 1 aromatic carbocycles. The summed E-state index contributed by atoms with van der Waals surface area (Å²) in [5.41, 5.74) is 0.810. The number of carbonyl (C=O) groups is 3. The lowest BCUT2D eigenvalue weighted by atomic mass is 10.2. The van der Waals surface area contributed by atoms with Crippen LogP contribution in [0.2, 0.25) is 5.15 Å². The highest BCUT2D eigenvalue weighted by Crippen LogP contribution is 2.37. The molecule has 0 aliphatic carbocycles. The number of amides is 2. The Bertz CT molecular complexity index is 719. The number of rotatable bonds is 1. The molecule has 2 amide bonds. The predicted octanol–water partition coefficient (Wildman–Crippen LogP) is 2.85. The van der Waals surface area contributed by atoms with Crippen LogP contribution >= 0.6 is 11.6 Å². The molecule has 0 spiro atoms. The van der Waals surface area contributed by atoms with Crippen LogP contribution in [0.1, 0.15) is 25.6 Å². The van der Waals surface area contributed by atoms with Gasteiger partial charge < -0.3 is 0 Å². The molecule has 1 aromatic heterocycles. The highest BCUT2D eigenvalue weighted by atomic mass is 35.5. The topological polar surface area (TPSA) is 59.4 Å². The van der Waals surface area contributed by atoms with E-state index in [-0.39, 0.29) is 16.7 Å². The summed E-state index contributed by atoms with van der Waals surface area (Å²) in [4.78, 5) is 36.1. The SMILES string of the molecule is CC(=O)N(C(C)=O)c1c(Cl)n(C(C)=O)c2ccccc12. The molecule has 0 atom stereocenters. The van der Waals surface area contributed by atoms with Crippen LogP contribution in [0.5, 0.6) is 0 Å². The number of aromatic nitrogens is 1. The number of anilines is 1. The van der Waals surface area contributed by atoms with Crippen LogP contribution in [-0.2, 0) is 9.59 Å². The van der Waals surface area contributed by atoms with Crippen LogP contribution in [0.25, 0.3) is 10.9 Å². The first-order chi connectivity index (χ1) is 9.36. The quantitative estimate of drug-likeness (QED) is 0.812. The number of nitrogens with zero attached hydrogens (tertiary/aromatic N) is 2. The second kappa shape index (κ2) is 5.09. The van der Waals surface area contributed by atoms with Gasteiger partial charge in [-0.15, -0.1) is 0 Å². The van der Waals surface area contributed by atoms with E-state index >= 15 is 0 Å². The molecule has 5 nitrogen and oxygen atoms in total. The lowest BCUT2D eigenvalue weighted by Gasteiger charge is -2.16. The van der Waals surface area contributed by atoms with Crippen LogP contribution in [0.4, 0.5) is 5.69 Å². The largest absolute Gasteiger partial charge is 0.274 e. The molecule has 6 heteroatoms. The van der Waals surface area contributed by atoms with Crippen LogP contribution in [-0.4, -0.2) is 22.3 Å². The number of fused-ring (bicyclic) bond motifs is 1. The summed E-state index contributed by atoms with van der Waals surface area (Å²) in [5.74, 6) is -1.19. The first-order valence-electron chi connectivity index (χ1n) is 5.97. The first kappa shape index (κ1) is 14.3. The van der Waals surface area contributed by atoms with E-state index in [2.05, 4.69) is 0 Å². The van der Waals surface area contributed by atoms with Gasteiger partial charge in [-0.1, -0.05) is 29.8 Å². The Morgan fingerprint density at radius 3 is 2.10 bits per heavy atom. The molecule has 0 saturated heterocycles. The number of carbonyl (C=O) groups excluding carboxylic acids is 3.